The summed E-state index contributed by atoms with van der Waals surface area (Å²) in [6.45, 7) is 4.29. The van der Waals surface area contributed by atoms with Crippen LogP contribution in [0.1, 0.15) is 35.3 Å². The Kier molecular flexibility index (Phi) is 15.1. The Morgan fingerprint density at radius 1 is 0.873 bits per heavy atom. The van der Waals surface area contributed by atoms with Crippen molar-refractivity contribution in [1.82, 2.24) is 25.7 Å². The van der Waals surface area contributed by atoms with Crippen LogP contribution in [-0.2, 0) is 31.9 Å². The zero-order chi connectivity index (χ0) is 38.9. The average Bonchev–Trinajstić information content (AvgIpc) is 3.82. The second-order valence-corrected chi connectivity index (χ2v) is 15.2. The van der Waals surface area contributed by atoms with Crippen molar-refractivity contribution in [3.8, 4) is 11.3 Å². The number of ketones is 1. The Bertz CT molecular complexity index is 1920. The number of nitrogens with two attached hydrogens (primary N) is 2. The summed E-state index contributed by atoms with van der Waals surface area (Å²) in [7, 11) is 3.79. The Hall–Kier alpha value is -5.08. The number of nitrogens with one attached hydrogen (secondary N) is 3. The highest BCUT2D eigenvalue weighted by molar-refractivity contribution is 8.04. The number of hydrogen-bond acceptors (Lipinski definition) is 13. The van der Waals surface area contributed by atoms with E-state index in [1.165, 1.54) is 19.4 Å². The summed E-state index contributed by atoms with van der Waals surface area (Å²) in [5.74, 6) is 9.50. The van der Waals surface area contributed by atoms with Gasteiger partial charge in [-0.3, -0.25) is 41.0 Å². The van der Waals surface area contributed by atoms with Crippen LogP contribution in [0.3, 0.4) is 0 Å². The Morgan fingerprint density at radius 2 is 1.38 bits per heavy atom. The van der Waals surface area contributed by atoms with Crippen molar-refractivity contribution in [1.29, 1.82) is 0 Å². The van der Waals surface area contributed by atoms with Crippen molar-refractivity contribution in [2.75, 3.05) is 61.6 Å². The molecule has 5 heterocycles. The van der Waals surface area contributed by atoms with Crippen LogP contribution < -0.4 is 32.1 Å². The molecule has 2 atom stereocenters. The highest BCUT2D eigenvalue weighted by Gasteiger charge is 2.34. The highest BCUT2D eigenvalue weighted by atomic mass is 32.2. The van der Waals surface area contributed by atoms with Crippen LogP contribution in [0.5, 0.6) is 0 Å². The minimum absolute atomic E-state index is 0. The van der Waals surface area contributed by atoms with E-state index in [-0.39, 0.29) is 47.9 Å². The fraction of sp³-hybridized carbons (Fsp3) is 0.389. The number of nitrogens with zero attached hydrogens (tertiary/aromatic N) is 4. The van der Waals surface area contributed by atoms with Crippen molar-refractivity contribution >= 4 is 64.7 Å². The number of H-pyrrole nitrogens is 1. The number of hydrogen-bond donors (Lipinski definition) is 5. The predicted molar refractivity (Wildman–Crippen MR) is 212 cm³/mol. The number of hydrazine groups is 1. The van der Waals surface area contributed by atoms with Crippen LogP contribution in [-0.4, -0.2) is 114 Å². The number of allylic oxidation sites excluding steroid dienone is 1. The number of fused-ring (bicyclic) bond motifs is 4. The van der Waals surface area contributed by atoms with Gasteiger partial charge in [0.05, 0.1) is 47.9 Å². The van der Waals surface area contributed by atoms with Crippen LogP contribution in [0, 0.1) is 0 Å². The van der Waals surface area contributed by atoms with Gasteiger partial charge in [0.25, 0.3) is 0 Å². The first-order valence-corrected chi connectivity index (χ1v) is 19.2. The number of anilines is 2. The first kappa shape index (κ1) is 42.7. The lowest BCUT2D eigenvalue weighted by molar-refractivity contribution is -0.120. The number of benzene rings is 2. The lowest BCUT2D eigenvalue weighted by atomic mass is 10.00. The van der Waals surface area contributed by atoms with Gasteiger partial charge in [0, 0.05) is 68.2 Å². The van der Waals surface area contributed by atoms with Gasteiger partial charge in [0.1, 0.15) is 12.2 Å². The van der Waals surface area contributed by atoms with Gasteiger partial charge in [-0.25, -0.2) is 9.59 Å². The molecule has 0 aliphatic carbocycles. The second-order valence-electron chi connectivity index (χ2n) is 12.9. The van der Waals surface area contributed by atoms with E-state index >= 15 is 0 Å². The number of aryl methyl sites for hydroxylation is 2. The lowest BCUT2D eigenvalue weighted by Crippen LogP contribution is -2.33. The number of amides is 4. The summed E-state index contributed by atoms with van der Waals surface area (Å²) in [6, 6.07) is 11.5. The number of carbonyl (C=O) groups is 5. The van der Waals surface area contributed by atoms with E-state index < -0.39 is 6.09 Å². The molecule has 55 heavy (non-hydrogen) atoms. The summed E-state index contributed by atoms with van der Waals surface area (Å²) in [4.78, 5) is 66.2. The third kappa shape index (κ3) is 10.6. The van der Waals surface area contributed by atoms with Gasteiger partial charge in [0.2, 0.25) is 17.6 Å². The summed E-state index contributed by atoms with van der Waals surface area (Å²) >= 11 is 3.33. The van der Waals surface area contributed by atoms with Gasteiger partial charge in [-0.1, -0.05) is 6.07 Å². The molecule has 296 valence electrons. The highest BCUT2D eigenvalue weighted by Crippen LogP contribution is 2.38. The molecule has 0 spiro atoms. The van der Waals surface area contributed by atoms with Gasteiger partial charge >= 0.3 is 12.2 Å². The van der Waals surface area contributed by atoms with Crippen molar-refractivity contribution < 1.29 is 38.9 Å². The second kappa shape index (κ2) is 19.5. The van der Waals surface area contributed by atoms with Gasteiger partial charge in [0.15, 0.2) is 0 Å². The maximum Gasteiger partial charge on any atom is 0.414 e. The average molecular weight is 798 g/mol. The zero-order valence-corrected chi connectivity index (χ0v) is 32.7. The molecule has 0 radical (unpaired) electrons. The molecule has 7 rings (SSSR count). The smallest absolute Gasteiger partial charge is 0.414 e. The van der Waals surface area contributed by atoms with Crippen molar-refractivity contribution in [3.05, 3.63) is 70.4 Å². The molecule has 2 fully saturated rings. The molecule has 0 bridgehead atoms. The van der Waals surface area contributed by atoms with E-state index in [0.717, 1.165) is 56.7 Å². The minimum Gasteiger partial charge on any atom is -0.442 e. The van der Waals surface area contributed by atoms with Crippen molar-refractivity contribution in [3.63, 3.8) is 0 Å². The Morgan fingerprint density at radius 3 is 1.91 bits per heavy atom. The van der Waals surface area contributed by atoms with E-state index in [9.17, 15) is 24.0 Å². The normalized spacial score (nSPS) is 19.0. The molecule has 2 saturated heterocycles. The van der Waals surface area contributed by atoms with Crippen LogP contribution in [0.2, 0.25) is 0 Å². The van der Waals surface area contributed by atoms with Gasteiger partial charge in [-0.15, -0.1) is 23.5 Å². The number of thioether (sulfide) groups is 2. The lowest BCUT2D eigenvalue weighted by Gasteiger charge is -2.16. The molecule has 19 heteroatoms. The molecular weight excluding hydrogens is 751 g/mol. The van der Waals surface area contributed by atoms with Crippen molar-refractivity contribution in [2.24, 2.45) is 11.7 Å². The quantitative estimate of drug-likeness (QED) is 0.131. The minimum atomic E-state index is -0.437. The standard InChI is InChI=1S/C19H23N3O4S.C17H18N4O3S.H4N2.H2O/c1-12(23)20-9-15-10-22(19(25)26-15)14-4-5-16-13(8-14)6-7-27-17(18(16)24)11-21(2)3;1-10(22)18-7-13-9-21(17(23)24-13)12-2-3-14-11(6-12)4-5-25-15-8-19-20-16(14)15;1-2;/h4-5,8,11,15H,6-7,9-10H2,1-3H3,(H,20,23);2-3,6,8,13H,4-5,7,9H2,1H3,(H,18,22)(H,19,20);1-2H2;1H2/t15-;13-;;/m00../s1. The Balaban J connectivity index is 0.000000231. The molecule has 0 unspecified atom stereocenters. The molecule has 3 aromatic rings. The van der Waals surface area contributed by atoms with Crippen LogP contribution >= 0.6 is 23.5 Å². The molecule has 17 nitrogen and oxygen atoms in total. The van der Waals surface area contributed by atoms with Gasteiger partial charge in [-0.2, -0.15) is 5.10 Å². The topological polar surface area (TPSA) is 250 Å². The van der Waals surface area contributed by atoms with E-state index in [2.05, 4.69) is 32.5 Å². The largest absolute Gasteiger partial charge is 0.442 e. The fourth-order valence-electron chi connectivity index (χ4n) is 6.22. The third-order valence-corrected chi connectivity index (χ3v) is 10.7. The summed E-state index contributed by atoms with van der Waals surface area (Å²) < 4.78 is 10.7. The monoisotopic (exact) mass is 797 g/mol. The predicted octanol–water partition coefficient (Wildman–Crippen LogP) is 2.20. The number of cyclic esters (lactones) is 2. The van der Waals surface area contributed by atoms with Crippen molar-refractivity contribution in [2.45, 2.75) is 43.8 Å². The maximum atomic E-state index is 12.8. The van der Waals surface area contributed by atoms with E-state index in [4.69, 9.17) is 9.47 Å². The number of aromatic amines is 1. The molecule has 0 saturated carbocycles. The molecule has 9 N–H and O–H groups in total. The number of aromatic nitrogens is 2. The maximum absolute atomic E-state index is 12.8. The molecule has 4 aliphatic rings. The number of Topliss-reactive ketones (excluding diaryl/α,β-unsaturated/α-hetero) is 1. The molecule has 2 aromatic carbocycles. The third-order valence-electron chi connectivity index (χ3n) is 8.68. The number of ether oxygens (including phenoxy) is 2. The van der Waals surface area contributed by atoms with Crippen LogP contribution in [0.15, 0.2) is 58.6 Å². The van der Waals surface area contributed by atoms with E-state index in [1.807, 2.05) is 55.7 Å². The van der Waals surface area contributed by atoms with E-state index in [0.29, 0.717) is 30.9 Å². The zero-order valence-electron chi connectivity index (χ0n) is 31.0. The number of rotatable bonds is 7. The molecule has 4 aliphatic heterocycles. The number of carbonyl (C=O) groups excluding carboxylic acids is 5. The summed E-state index contributed by atoms with van der Waals surface area (Å²) in [5, 5.41) is 12.6. The van der Waals surface area contributed by atoms with Gasteiger partial charge in [-0.05, 0) is 54.3 Å². The van der Waals surface area contributed by atoms with Crippen LogP contribution in [0.25, 0.3) is 11.3 Å². The summed E-state index contributed by atoms with van der Waals surface area (Å²) in [5.41, 5.74) is 6.50. The van der Waals surface area contributed by atoms with E-state index in [1.54, 1.807) is 45.5 Å². The first-order chi connectivity index (χ1) is 26.0. The Labute approximate surface area is 327 Å². The molecule has 4 amide bonds. The van der Waals surface area contributed by atoms with Crippen LogP contribution in [0.4, 0.5) is 21.0 Å². The first-order valence-electron chi connectivity index (χ1n) is 17.2. The summed E-state index contributed by atoms with van der Waals surface area (Å²) in [6.07, 6.45) is 3.86. The van der Waals surface area contributed by atoms with Gasteiger partial charge < -0.3 is 30.5 Å². The fourth-order valence-corrected chi connectivity index (χ4v) is 8.25. The molecule has 1 aromatic heterocycles. The molecular formula is C36H47N9O8S2. The SMILES string of the molecule is CC(=O)NC[C@H]1CN(c2ccc3c(c2)CCSC(=CN(C)C)C3=O)C(=O)O1.CC(=O)NC[C@H]1CN(c2ccc3c(c2)CCSc2cn[nH]c2-3)C(=O)O1.NN.O.